The molecule has 1 aromatic carbocycles. The molecule has 1 fully saturated rings. The lowest BCUT2D eigenvalue weighted by molar-refractivity contribution is -0.113. The highest BCUT2D eigenvalue weighted by Crippen LogP contribution is 2.36. The van der Waals surface area contributed by atoms with E-state index in [1.54, 1.807) is 22.8 Å². The van der Waals surface area contributed by atoms with Crippen LogP contribution in [0.5, 0.6) is 0 Å². The van der Waals surface area contributed by atoms with Crippen molar-refractivity contribution in [3.63, 3.8) is 0 Å². The number of benzene rings is 1. The number of nitrogens with one attached hydrogen (secondary N) is 2. The molecule has 2 atom stereocenters. The van der Waals surface area contributed by atoms with E-state index < -0.39 is 0 Å². The molecule has 1 saturated heterocycles. The van der Waals surface area contributed by atoms with Crippen LogP contribution in [0.25, 0.3) is 10.9 Å². The van der Waals surface area contributed by atoms with E-state index in [1.165, 1.54) is 17.8 Å². The van der Waals surface area contributed by atoms with Crippen molar-refractivity contribution in [2.24, 2.45) is 5.92 Å². The SMILES string of the molecule is Cl.Cl.O=C1CSc2ccc(CNCC3CCN(CC4Cn5c(=O)ccc6ccc(F)c4c65)C3)nc2N1. The van der Waals surface area contributed by atoms with Crippen LogP contribution in [0.2, 0.25) is 0 Å². The summed E-state index contributed by atoms with van der Waals surface area (Å²) in [5, 5.41) is 7.28. The summed E-state index contributed by atoms with van der Waals surface area (Å²) in [5.74, 6) is 1.40. The number of fused-ring (bicyclic) bond motifs is 1. The zero-order valence-electron chi connectivity index (χ0n) is 19.5. The highest BCUT2D eigenvalue weighted by atomic mass is 35.5. The number of rotatable bonds is 6. The van der Waals surface area contributed by atoms with Gasteiger partial charge in [0.15, 0.2) is 0 Å². The van der Waals surface area contributed by atoms with Gasteiger partial charge in [-0.2, -0.15) is 0 Å². The second-order valence-electron chi connectivity index (χ2n) is 9.41. The van der Waals surface area contributed by atoms with E-state index in [1.807, 2.05) is 12.1 Å². The molecule has 0 spiro atoms. The average molecular weight is 553 g/mol. The summed E-state index contributed by atoms with van der Waals surface area (Å²) in [6.07, 6.45) is 1.09. The Balaban J connectivity index is 0.00000152. The van der Waals surface area contributed by atoms with Crippen molar-refractivity contribution in [1.29, 1.82) is 0 Å². The molecule has 2 unspecified atom stereocenters. The van der Waals surface area contributed by atoms with Crippen LogP contribution in [0.15, 0.2) is 46.1 Å². The monoisotopic (exact) mass is 551 g/mol. The predicted molar refractivity (Wildman–Crippen MR) is 145 cm³/mol. The van der Waals surface area contributed by atoms with Crippen molar-refractivity contribution in [1.82, 2.24) is 19.8 Å². The molecule has 0 bridgehead atoms. The summed E-state index contributed by atoms with van der Waals surface area (Å²) < 4.78 is 16.5. The number of carbonyl (C=O) groups excluding carboxylic acids is 1. The second kappa shape index (κ2) is 11.1. The van der Waals surface area contributed by atoms with E-state index in [2.05, 4.69) is 20.5 Å². The van der Waals surface area contributed by atoms with Gasteiger partial charge in [0, 0.05) is 43.7 Å². The van der Waals surface area contributed by atoms with Crippen LogP contribution in [-0.2, 0) is 17.9 Å². The summed E-state index contributed by atoms with van der Waals surface area (Å²) in [4.78, 5) is 32.0. The molecule has 36 heavy (non-hydrogen) atoms. The van der Waals surface area contributed by atoms with Crippen LogP contribution in [0.4, 0.5) is 10.2 Å². The molecule has 192 valence electrons. The number of pyridine rings is 2. The zero-order chi connectivity index (χ0) is 23.2. The van der Waals surface area contributed by atoms with E-state index in [0.29, 0.717) is 36.1 Å². The average Bonchev–Trinajstić information content (AvgIpc) is 3.44. The summed E-state index contributed by atoms with van der Waals surface area (Å²) in [6.45, 7) is 4.77. The Labute approximate surface area is 225 Å². The first-order valence-corrected chi connectivity index (χ1v) is 12.7. The van der Waals surface area contributed by atoms with Crippen molar-refractivity contribution in [2.75, 3.05) is 37.2 Å². The fourth-order valence-corrected chi connectivity index (χ4v) is 6.25. The summed E-state index contributed by atoms with van der Waals surface area (Å²) in [5.41, 5.74) is 2.32. The van der Waals surface area contributed by atoms with Gasteiger partial charge in [-0.15, -0.1) is 36.6 Å². The van der Waals surface area contributed by atoms with Crippen molar-refractivity contribution >= 4 is 59.2 Å². The third-order valence-electron chi connectivity index (χ3n) is 7.07. The second-order valence-corrected chi connectivity index (χ2v) is 10.4. The van der Waals surface area contributed by atoms with Gasteiger partial charge < -0.3 is 20.1 Å². The maximum Gasteiger partial charge on any atom is 0.251 e. The third-order valence-corrected chi connectivity index (χ3v) is 8.11. The maximum absolute atomic E-state index is 14.8. The molecule has 0 aliphatic carbocycles. The lowest BCUT2D eigenvalue weighted by Crippen LogP contribution is -2.30. The number of hydrogen-bond donors (Lipinski definition) is 2. The molecule has 3 aliphatic heterocycles. The maximum atomic E-state index is 14.8. The first-order valence-electron chi connectivity index (χ1n) is 11.7. The highest BCUT2D eigenvalue weighted by Gasteiger charge is 2.32. The molecule has 11 heteroatoms. The Morgan fingerprint density at radius 2 is 1.94 bits per heavy atom. The first-order chi connectivity index (χ1) is 16.5. The first kappa shape index (κ1) is 26.9. The number of aromatic nitrogens is 2. The van der Waals surface area contributed by atoms with Gasteiger partial charge in [-0.3, -0.25) is 9.59 Å². The van der Waals surface area contributed by atoms with E-state index in [9.17, 15) is 14.0 Å². The largest absolute Gasteiger partial charge is 0.311 e. The number of carbonyl (C=O) groups is 1. The van der Waals surface area contributed by atoms with Crippen LogP contribution < -0.4 is 16.2 Å². The number of hydrogen-bond acceptors (Lipinski definition) is 6. The zero-order valence-corrected chi connectivity index (χ0v) is 22.0. The van der Waals surface area contributed by atoms with Gasteiger partial charge >= 0.3 is 0 Å². The van der Waals surface area contributed by atoms with Crippen molar-refractivity contribution in [3.05, 3.63) is 63.8 Å². The molecule has 0 radical (unpaired) electrons. The Bertz CT molecular complexity index is 1350. The molecular formula is C25H28Cl2FN5O2S. The molecule has 0 saturated carbocycles. The van der Waals surface area contributed by atoms with Gasteiger partial charge in [0.1, 0.15) is 11.6 Å². The Morgan fingerprint density at radius 1 is 1.11 bits per heavy atom. The van der Waals surface area contributed by atoms with Gasteiger partial charge in [0.05, 0.1) is 21.9 Å². The summed E-state index contributed by atoms with van der Waals surface area (Å²) in [7, 11) is 0. The van der Waals surface area contributed by atoms with E-state index in [4.69, 9.17) is 0 Å². The molecule has 2 aromatic heterocycles. The number of anilines is 1. The Hall–Kier alpha value is -2.17. The molecule has 7 nitrogen and oxygen atoms in total. The predicted octanol–water partition coefficient (Wildman–Crippen LogP) is 3.63. The molecule has 6 rings (SSSR count). The molecule has 3 aliphatic rings. The van der Waals surface area contributed by atoms with Crippen molar-refractivity contribution in [2.45, 2.75) is 30.3 Å². The fraction of sp³-hybridized carbons (Fsp3) is 0.400. The standard InChI is InChI=1S/C25H26FN5O2S.2ClH/c26-19-4-1-16-2-6-22(33)31-13-17(23(19)24(16)31)12-30-8-7-15(11-30)9-27-10-18-3-5-20-25(28-18)29-21(32)14-34-20;;/h1-6,15,17,27H,7-14H2,(H,28,29,32);2*1H. The number of thioether (sulfide) groups is 1. The minimum atomic E-state index is -0.209. The molecular weight excluding hydrogens is 524 g/mol. The smallest absolute Gasteiger partial charge is 0.251 e. The van der Waals surface area contributed by atoms with Crippen LogP contribution >= 0.6 is 36.6 Å². The van der Waals surface area contributed by atoms with Crippen LogP contribution in [0.3, 0.4) is 0 Å². The minimum absolute atomic E-state index is 0. The number of halogens is 3. The molecule has 2 N–H and O–H groups in total. The van der Waals surface area contributed by atoms with Gasteiger partial charge in [0.25, 0.3) is 5.56 Å². The van der Waals surface area contributed by atoms with Crippen LogP contribution in [0.1, 0.15) is 23.6 Å². The fourth-order valence-electron chi connectivity index (χ4n) is 5.49. The number of amides is 1. The Morgan fingerprint density at radius 3 is 2.81 bits per heavy atom. The third kappa shape index (κ3) is 5.13. The van der Waals surface area contributed by atoms with E-state index in [0.717, 1.165) is 54.1 Å². The van der Waals surface area contributed by atoms with E-state index >= 15 is 0 Å². The van der Waals surface area contributed by atoms with E-state index in [-0.39, 0.29) is 48.0 Å². The van der Waals surface area contributed by atoms with Gasteiger partial charge in [-0.1, -0.05) is 0 Å². The van der Waals surface area contributed by atoms with Gasteiger partial charge in [-0.05, 0) is 61.1 Å². The molecule has 5 heterocycles. The molecule has 3 aromatic rings. The van der Waals surface area contributed by atoms with Gasteiger partial charge in [-0.25, -0.2) is 9.37 Å². The van der Waals surface area contributed by atoms with Crippen LogP contribution in [-0.4, -0.2) is 52.3 Å². The quantitative estimate of drug-likeness (QED) is 0.487. The lowest BCUT2D eigenvalue weighted by Gasteiger charge is -2.21. The molecule has 1 amide bonds. The highest BCUT2D eigenvalue weighted by molar-refractivity contribution is 8.00. The summed E-state index contributed by atoms with van der Waals surface area (Å²) >= 11 is 1.52. The number of likely N-dealkylation sites (tertiary alicyclic amines) is 1. The van der Waals surface area contributed by atoms with Crippen LogP contribution in [0, 0.1) is 11.7 Å². The van der Waals surface area contributed by atoms with Crippen molar-refractivity contribution < 1.29 is 9.18 Å². The summed E-state index contributed by atoms with van der Waals surface area (Å²) in [6, 6.07) is 10.7. The minimum Gasteiger partial charge on any atom is -0.311 e. The Kier molecular flexibility index (Phi) is 8.26. The van der Waals surface area contributed by atoms with Crippen molar-refractivity contribution in [3.8, 4) is 0 Å². The number of nitrogens with zero attached hydrogens (tertiary/aromatic N) is 3. The van der Waals surface area contributed by atoms with Gasteiger partial charge in [0.2, 0.25) is 5.91 Å². The normalized spacial score (nSPS) is 20.5. The topological polar surface area (TPSA) is 79.3 Å². The lowest BCUT2D eigenvalue weighted by atomic mass is 9.98.